The van der Waals surface area contributed by atoms with Gasteiger partial charge in [0.25, 0.3) is 0 Å². The summed E-state index contributed by atoms with van der Waals surface area (Å²) in [6, 6.07) is 13.4. The van der Waals surface area contributed by atoms with Gasteiger partial charge in [0.15, 0.2) is 6.10 Å². The maximum Gasteiger partial charge on any atom is 0.308 e. The lowest BCUT2D eigenvalue weighted by atomic mass is 10.1. The van der Waals surface area contributed by atoms with E-state index in [1.807, 2.05) is 0 Å². The van der Waals surface area contributed by atoms with Gasteiger partial charge in [-0.3, -0.25) is 19.1 Å². The van der Waals surface area contributed by atoms with Crippen molar-refractivity contribution in [2.75, 3.05) is 0 Å². The van der Waals surface area contributed by atoms with E-state index >= 15 is 0 Å². The smallest absolute Gasteiger partial charge is 0.308 e. The number of rotatable bonds is 6. The molecular formula is C20H17ClN2O4. The van der Waals surface area contributed by atoms with E-state index in [2.05, 4.69) is 5.10 Å². The van der Waals surface area contributed by atoms with Gasteiger partial charge in [-0.25, -0.2) is 0 Å². The van der Waals surface area contributed by atoms with Crippen LogP contribution in [0.2, 0.25) is 5.02 Å². The van der Waals surface area contributed by atoms with Crippen LogP contribution in [0.1, 0.15) is 23.7 Å². The van der Waals surface area contributed by atoms with Crippen molar-refractivity contribution in [3.8, 4) is 0 Å². The Morgan fingerprint density at radius 1 is 1.15 bits per heavy atom. The maximum atomic E-state index is 12.3. The molecule has 2 aromatic carbocycles. The van der Waals surface area contributed by atoms with Gasteiger partial charge < -0.3 is 4.74 Å². The third-order valence-electron chi connectivity index (χ3n) is 4.10. The van der Waals surface area contributed by atoms with E-state index in [-0.39, 0.29) is 24.2 Å². The second kappa shape index (κ2) is 8.14. The molecule has 1 aromatic heterocycles. The SMILES string of the molecule is CC(OC(=O)CCn1ncc(=O)c2ccccc21)C(=O)c1ccc(Cl)cc1. The minimum absolute atomic E-state index is 0.0259. The summed E-state index contributed by atoms with van der Waals surface area (Å²) in [6.07, 6.45) is 0.343. The molecule has 0 spiro atoms. The Balaban J connectivity index is 1.63. The number of esters is 1. The minimum Gasteiger partial charge on any atom is -0.454 e. The Morgan fingerprint density at radius 3 is 2.59 bits per heavy atom. The number of aromatic nitrogens is 2. The molecule has 27 heavy (non-hydrogen) atoms. The molecule has 0 N–H and O–H groups in total. The molecule has 0 bridgehead atoms. The zero-order chi connectivity index (χ0) is 19.4. The maximum absolute atomic E-state index is 12.3. The number of Topliss-reactive ketones (excluding diaryl/α,β-unsaturated/α-hetero) is 1. The number of carbonyl (C=O) groups excluding carboxylic acids is 2. The Kier molecular flexibility index (Phi) is 5.66. The number of aryl methyl sites for hydroxylation is 1. The fourth-order valence-corrected chi connectivity index (χ4v) is 2.82. The van der Waals surface area contributed by atoms with E-state index < -0.39 is 12.1 Å². The average molecular weight is 385 g/mol. The number of ether oxygens (including phenoxy) is 1. The quantitative estimate of drug-likeness (QED) is 0.481. The zero-order valence-electron chi connectivity index (χ0n) is 14.6. The number of nitrogens with zero attached hydrogens (tertiary/aromatic N) is 2. The van der Waals surface area contributed by atoms with Gasteiger partial charge in [-0.1, -0.05) is 23.7 Å². The number of benzene rings is 2. The first kappa shape index (κ1) is 18.8. The summed E-state index contributed by atoms with van der Waals surface area (Å²) in [6.45, 7) is 1.77. The van der Waals surface area contributed by atoms with Crippen LogP contribution in [0.3, 0.4) is 0 Å². The summed E-state index contributed by atoms with van der Waals surface area (Å²) in [5.74, 6) is -0.818. The largest absolute Gasteiger partial charge is 0.454 e. The molecule has 0 radical (unpaired) electrons. The summed E-state index contributed by atoms with van der Waals surface area (Å²) < 4.78 is 6.80. The minimum atomic E-state index is -0.905. The van der Waals surface area contributed by atoms with Crippen LogP contribution in [0.25, 0.3) is 10.9 Å². The van der Waals surface area contributed by atoms with Gasteiger partial charge in [-0.2, -0.15) is 5.10 Å². The molecule has 0 aliphatic rings. The third-order valence-corrected chi connectivity index (χ3v) is 4.35. The van der Waals surface area contributed by atoms with Crippen molar-refractivity contribution in [3.05, 3.63) is 75.5 Å². The number of fused-ring (bicyclic) bond motifs is 1. The molecule has 6 nitrogen and oxygen atoms in total. The van der Waals surface area contributed by atoms with E-state index in [1.165, 1.54) is 13.1 Å². The van der Waals surface area contributed by atoms with Crippen molar-refractivity contribution < 1.29 is 14.3 Å². The van der Waals surface area contributed by atoms with Crippen molar-refractivity contribution in [3.63, 3.8) is 0 Å². The standard InChI is InChI=1S/C20H17ClN2O4/c1-13(20(26)14-6-8-15(21)9-7-14)27-19(25)10-11-23-17-5-3-2-4-16(17)18(24)12-22-23/h2-9,12-13H,10-11H2,1H3. The molecule has 0 aliphatic heterocycles. The molecule has 7 heteroatoms. The number of halogens is 1. The second-order valence-corrected chi connectivity index (χ2v) is 6.44. The highest BCUT2D eigenvalue weighted by Crippen LogP contribution is 2.13. The number of hydrogen-bond donors (Lipinski definition) is 0. The second-order valence-electron chi connectivity index (χ2n) is 6.00. The monoisotopic (exact) mass is 384 g/mol. The Labute approximate surface area is 160 Å². The van der Waals surface area contributed by atoms with Gasteiger partial charge >= 0.3 is 5.97 Å². The Bertz CT molecular complexity index is 1040. The number of para-hydroxylation sites is 1. The van der Waals surface area contributed by atoms with Crippen molar-refractivity contribution in [1.82, 2.24) is 9.78 Å². The first-order valence-electron chi connectivity index (χ1n) is 8.40. The molecule has 138 valence electrons. The molecule has 0 saturated carbocycles. The molecule has 0 fully saturated rings. The molecule has 1 atom stereocenters. The fourth-order valence-electron chi connectivity index (χ4n) is 2.69. The number of ketones is 1. The van der Waals surface area contributed by atoms with E-state index in [1.54, 1.807) is 53.2 Å². The van der Waals surface area contributed by atoms with Crippen LogP contribution >= 0.6 is 11.6 Å². The first-order valence-corrected chi connectivity index (χ1v) is 8.77. The molecule has 1 unspecified atom stereocenters. The van der Waals surface area contributed by atoms with Crippen LogP contribution < -0.4 is 5.43 Å². The van der Waals surface area contributed by atoms with E-state index in [0.29, 0.717) is 21.5 Å². The average Bonchev–Trinajstić information content (AvgIpc) is 2.67. The van der Waals surface area contributed by atoms with Gasteiger partial charge in [0.1, 0.15) is 0 Å². The van der Waals surface area contributed by atoms with E-state index in [0.717, 1.165) is 0 Å². The molecular weight excluding hydrogens is 368 g/mol. The van der Waals surface area contributed by atoms with Gasteiger partial charge in [-0.05, 0) is 43.3 Å². The van der Waals surface area contributed by atoms with Crippen molar-refractivity contribution in [2.45, 2.75) is 26.0 Å². The van der Waals surface area contributed by atoms with Gasteiger partial charge in [0.05, 0.1) is 24.7 Å². The normalized spacial score (nSPS) is 11.9. The lowest BCUT2D eigenvalue weighted by Crippen LogP contribution is -2.25. The molecule has 0 aliphatic carbocycles. The lowest BCUT2D eigenvalue weighted by molar-refractivity contribution is -0.146. The fraction of sp³-hybridized carbons (Fsp3) is 0.200. The van der Waals surface area contributed by atoms with E-state index in [9.17, 15) is 14.4 Å². The molecule has 1 heterocycles. The topological polar surface area (TPSA) is 78.3 Å². The highest BCUT2D eigenvalue weighted by molar-refractivity contribution is 6.30. The van der Waals surface area contributed by atoms with Crippen LogP contribution in [0.4, 0.5) is 0 Å². The van der Waals surface area contributed by atoms with Crippen LogP contribution in [0, 0.1) is 0 Å². The van der Waals surface area contributed by atoms with Crippen molar-refractivity contribution in [2.24, 2.45) is 0 Å². The van der Waals surface area contributed by atoms with Gasteiger partial charge in [0, 0.05) is 16.0 Å². The highest BCUT2D eigenvalue weighted by Gasteiger charge is 2.19. The first-order chi connectivity index (χ1) is 13.0. The third kappa shape index (κ3) is 4.41. The van der Waals surface area contributed by atoms with Gasteiger partial charge in [-0.15, -0.1) is 0 Å². The van der Waals surface area contributed by atoms with Gasteiger partial charge in [0.2, 0.25) is 11.2 Å². The van der Waals surface area contributed by atoms with E-state index in [4.69, 9.17) is 16.3 Å². The predicted molar refractivity (Wildman–Crippen MR) is 102 cm³/mol. The summed E-state index contributed by atoms with van der Waals surface area (Å²) >= 11 is 5.81. The van der Waals surface area contributed by atoms with Crippen LogP contribution in [-0.4, -0.2) is 27.6 Å². The lowest BCUT2D eigenvalue weighted by Gasteiger charge is -2.13. The van der Waals surface area contributed by atoms with Crippen molar-refractivity contribution in [1.29, 1.82) is 0 Å². The molecule has 3 aromatic rings. The summed E-state index contributed by atoms with van der Waals surface area (Å²) in [5.41, 5.74) is 0.891. The number of hydrogen-bond acceptors (Lipinski definition) is 5. The van der Waals surface area contributed by atoms with Crippen molar-refractivity contribution >= 4 is 34.3 Å². The Morgan fingerprint density at radius 2 is 1.85 bits per heavy atom. The number of carbonyl (C=O) groups is 2. The van der Waals surface area contributed by atoms with Crippen LogP contribution in [0.5, 0.6) is 0 Å². The summed E-state index contributed by atoms with van der Waals surface area (Å²) in [7, 11) is 0. The summed E-state index contributed by atoms with van der Waals surface area (Å²) in [4.78, 5) is 36.3. The van der Waals surface area contributed by atoms with Crippen LogP contribution in [-0.2, 0) is 16.1 Å². The molecule has 0 saturated heterocycles. The predicted octanol–water partition coefficient (Wildman–Crippen LogP) is 3.25. The highest BCUT2D eigenvalue weighted by atomic mass is 35.5. The van der Waals surface area contributed by atoms with Crippen LogP contribution in [0.15, 0.2) is 59.5 Å². The summed E-state index contributed by atoms with van der Waals surface area (Å²) in [5, 5.41) is 5.12. The molecule has 3 rings (SSSR count). The zero-order valence-corrected chi connectivity index (χ0v) is 15.3. The Hall–Kier alpha value is -2.99. The molecule has 0 amide bonds.